The number of carbonyl (C=O) groups is 1. The van der Waals surface area contributed by atoms with Gasteiger partial charge < -0.3 is 13.9 Å². The molecule has 0 aliphatic heterocycles. The fourth-order valence-corrected chi connectivity index (χ4v) is 7.92. The van der Waals surface area contributed by atoms with Gasteiger partial charge in [-0.1, -0.05) is 81.4 Å². The van der Waals surface area contributed by atoms with Crippen molar-refractivity contribution in [1.29, 1.82) is 0 Å². The van der Waals surface area contributed by atoms with Crippen LogP contribution in [-0.4, -0.2) is 41.2 Å². The molecule has 0 heterocycles. The number of methoxy groups -OCH3 is 1. The third-order valence-corrected chi connectivity index (χ3v) is 9.68. The summed E-state index contributed by atoms with van der Waals surface area (Å²) in [6, 6.07) is 21.0. The molecule has 4 nitrogen and oxygen atoms in total. The fourth-order valence-electron chi connectivity index (χ4n) is 3.37. The Bertz CT molecular complexity index is 656. The van der Waals surface area contributed by atoms with Gasteiger partial charge in [-0.25, -0.2) is 0 Å². The highest BCUT2D eigenvalue weighted by molar-refractivity contribution is 6.99. The van der Waals surface area contributed by atoms with Gasteiger partial charge in [-0.05, 0) is 15.4 Å². The van der Waals surface area contributed by atoms with Gasteiger partial charge >= 0.3 is 5.97 Å². The zero-order chi connectivity index (χ0) is 19.8. The molecule has 2 aromatic carbocycles. The lowest BCUT2D eigenvalue weighted by atomic mass is 10.2. The second-order valence-corrected chi connectivity index (χ2v) is 11.8. The highest BCUT2D eigenvalue weighted by atomic mass is 28.4. The van der Waals surface area contributed by atoms with Gasteiger partial charge in [0.1, 0.15) is 0 Å². The third kappa shape index (κ3) is 5.28. The number of hydrogen-bond acceptors (Lipinski definition) is 4. The predicted molar refractivity (Wildman–Crippen MR) is 111 cm³/mol. The Kier molecular flexibility index (Phi) is 7.77. The number of rotatable bonds is 9. The van der Waals surface area contributed by atoms with Crippen molar-refractivity contribution in [3.63, 3.8) is 0 Å². The van der Waals surface area contributed by atoms with Gasteiger partial charge in [-0.15, -0.1) is 0 Å². The van der Waals surface area contributed by atoms with E-state index in [0.717, 1.165) is 0 Å². The number of carbonyl (C=O) groups excluding carboxylic acids is 1. The van der Waals surface area contributed by atoms with E-state index in [1.165, 1.54) is 17.5 Å². The Balaban J connectivity index is 2.21. The topological polar surface area (TPSA) is 44.8 Å². The highest BCUT2D eigenvalue weighted by Crippen LogP contribution is 2.36. The predicted octanol–water partition coefficient (Wildman–Crippen LogP) is 3.14. The smallest absolute Gasteiger partial charge is 0.307 e. The molecule has 27 heavy (non-hydrogen) atoms. The summed E-state index contributed by atoms with van der Waals surface area (Å²) in [5.41, 5.74) is 0. The molecule has 0 saturated heterocycles. The van der Waals surface area contributed by atoms with Crippen molar-refractivity contribution in [2.75, 3.05) is 26.9 Å². The Morgan fingerprint density at radius 2 is 1.37 bits per heavy atom. The quantitative estimate of drug-likeness (QED) is 0.377. The van der Waals surface area contributed by atoms with Crippen LogP contribution in [0.2, 0.25) is 5.04 Å². The van der Waals surface area contributed by atoms with E-state index in [-0.39, 0.29) is 17.4 Å². The van der Waals surface area contributed by atoms with Crippen molar-refractivity contribution >= 4 is 24.7 Å². The van der Waals surface area contributed by atoms with Crippen LogP contribution in [0.5, 0.6) is 0 Å². The maximum atomic E-state index is 11.2. The normalized spacial score (nSPS) is 12.0. The molecule has 0 fully saturated rings. The van der Waals surface area contributed by atoms with Crippen LogP contribution in [0, 0.1) is 0 Å². The van der Waals surface area contributed by atoms with E-state index < -0.39 is 8.32 Å². The van der Waals surface area contributed by atoms with Crippen LogP contribution in [0.4, 0.5) is 0 Å². The maximum absolute atomic E-state index is 11.2. The molecule has 2 rings (SSSR count). The van der Waals surface area contributed by atoms with E-state index in [2.05, 4.69) is 74.0 Å². The minimum atomic E-state index is -2.51. The lowest BCUT2D eigenvalue weighted by molar-refractivity contribution is -0.141. The molecule has 0 atom stereocenters. The molecule has 2 aromatic rings. The molecule has 0 amide bonds. The average Bonchev–Trinajstić information content (AvgIpc) is 2.67. The summed E-state index contributed by atoms with van der Waals surface area (Å²) < 4.78 is 16.9. The average molecular weight is 387 g/mol. The SMILES string of the molecule is COC(=O)CCOCCO[Si](c1ccccc1)(c1ccccc1)C(C)(C)C. The van der Waals surface area contributed by atoms with Gasteiger partial charge in [0.2, 0.25) is 0 Å². The van der Waals surface area contributed by atoms with E-state index in [0.29, 0.717) is 19.8 Å². The first-order valence-corrected chi connectivity index (χ1v) is 11.2. The van der Waals surface area contributed by atoms with E-state index in [1.807, 2.05) is 12.1 Å². The number of esters is 1. The molecule has 5 heteroatoms. The van der Waals surface area contributed by atoms with Crippen molar-refractivity contribution in [1.82, 2.24) is 0 Å². The summed E-state index contributed by atoms with van der Waals surface area (Å²) >= 11 is 0. The minimum absolute atomic E-state index is 0.0538. The van der Waals surface area contributed by atoms with E-state index in [1.54, 1.807) is 0 Å². The first kappa shape index (κ1) is 21.3. The highest BCUT2D eigenvalue weighted by Gasteiger charge is 2.49. The monoisotopic (exact) mass is 386 g/mol. The Hall–Kier alpha value is -1.95. The molecule has 146 valence electrons. The zero-order valence-corrected chi connectivity index (χ0v) is 17.7. The van der Waals surface area contributed by atoms with Gasteiger partial charge in [0.05, 0.1) is 33.4 Å². The summed E-state index contributed by atoms with van der Waals surface area (Å²) in [5, 5.41) is 2.44. The van der Waals surface area contributed by atoms with Crippen LogP contribution < -0.4 is 10.4 Å². The minimum Gasteiger partial charge on any atom is -0.469 e. The third-order valence-electron chi connectivity index (χ3n) is 4.64. The van der Waals surface area contributed by atoms with E-state index in [4.69, 9.17) is 9.16 Å². The van der Waals surface area contributed by atoms with Gasteiger partial charge in [-0.3, -0.25) is 4.79 Å². The van der Waals surface area contributed by atoms with E-state index in [9.17, 15) is 4.79 Å². The van der Waals surface area contributed by atoms with Crippen LogP contribution >= 0.6 is 0 Å². The molecule has 0 aliphatic rings. The summed E-state index contributed by atoms with van der Waals surface area (Å²) in [5.74, 6) is -0.261. The molecule has 0 aliphatic carbocycles. The molecule has 0 saturated carbocycles. The Morgan fingerprint density at radius 1 is 0.852 bits per heavy atom. The number of ether oxygens (including phenoxy) is 2. The van der Waals surface area contributed by atoms with Crippen LogP contribution in [0.1, 0.15) is 27.2 Å². The second kappa shape index (κ2) is 9.83. The van der Waals surface area contributed by atoms with Crippen molar-refractivity contribution in [3.05, 3.63) is 60.7 Å². The van der Waals surface area contributed by atoms with Crippen molar-refractivity contribution in [2.45, 2.75) is 32.2 Å². The van der Waals surface area contributed by atoms with Gasteiger partial charge in [0.25, 0.3) is 8.32 Å². The maximum Gasteiger partial charge on any atom is 0.307 e. The van der Waals surface area contributed by atoms with Gasteiger partial charge in [-0.2, -0.15) is 0 Å². The van der Waals surface area contributed by atoms with Crippen LogP contribution in [0.25, 0.3) is 0 Å². The summed E-state index contributed by atoms with van der Waals surface area (Å²) in [7, 11) is -1.13. The zero-order valence-electron chi connectivity index (χ0n) is 16.7. The second-order valence-electron chi connectivity index (χ2n) is 7.45. The van der Waals surface area contributed by atoms with Gasteiger partial charge in [0, 0.05) is 0 Å². The van der Waals surface area contributed by atoms with Crippen molar-refractivity contribution in [3.8, 4) is 0 Å². The van der Waals surface area contributed by atoms with Crippen LogP contribution in [0.15, 0.2) is 60.7 Å². The molecule has 0 bridgehead atoms. The lowest BCUT2D eigenvalue weighted by Gasteiger charge is -2.43. The fraction of sp³-hybridized carbons (Fsp3) is 0.409. The molecule has 0 unspecified atom stereocenters. The van der Waals surface area contributed by atoms with Crippen LogP contribution in [-0.2, 0) is 18.7 Å². The standard InChI is InChI=1S/C22H30O4Si/c1-22(2,3)27(19-11-7-5-8-12-19,20-13-9-6-10-14-20)26-18-17-25-16-15-21(23)24-4/h5-14H,15-18H2,1-4H3. The first-order chi connectivity index (χ1) is 12.9. The first-order valence-electron chi connectivity index (χ1n) is 9.31. The Labute approximate surface area is 163 Å². The van der Waals surface area contributed by atoms with Crippen molar-refractivity contribution in [2.24, 2.45) is 0 Å². The van der Waals surface area contributed by atoms with Crippen molar-refractivity contribution < 1.29 is 18.7 Å². The molecular formula is C22H30O4Si. The molecule has 0 N–H and O–H groups in total. The summed E-state index contributed by atoms with van der Waals surface area (Å²) in [4.78, 5) is 11.2. The number of hydrogen-bond donors (Lipinski definition) is 0. The molecule has 0 aromatic heterocycles. The number of benzene rings is 2. The van der Waals surface area contributed by atoms with Gasteiger partial charge in [0.15, 0.2) is 0 Å². The summed E-state index contributed by atoms with van der Waals surface area (Å²) in [6.07, 6.45) is 0.260. The van der Waals surface area contributed by atoms with Crippen LogP contribution in [0.3, 0.4) is 0 Å². The Morgan fingerprint density at radius 3 is 1.81 bits per heavy atom. The molecular weight excluding hydrogens is 356 g/mol. The summed E-state index contributed by atoms with van der Waals surface area (Å²) in [6.45, 7) is 8.01. The largest absolute Gasteiger partial charge is 0.469 e. The molecule has 0 spiro atoms. The van der Waals surface area contributed by atoms with E-state index >= 15 is 0 Å². The molecule has 0 radical (unpaired) electrons. The lowest BCUT2D eigenvalue weighted by Crippen LogP contribution is -2.66.